The highest BCUT2D eigenvalue weighted by atomic mass is 35.5. The Hall–Kier alpha value is -5.01. The number of likely N-dealkylation sites (N-methyl/N-ethyl adjacent to an activating group) is 1. The second kappa shape index (κ2) is 22.3. The number of carbonyl (C=O) groups excluding carboxylic acids is 1. The summed E-state index contributed by atoms with van der Waals surface area (Å²) >= 11 is 6.12. The maximum Gasteiger partial charge on any atom is 0.242 e. The Labute approximate surface area is 384 Å². The number of carbonyl (C=O) groups is 1. The quantitative estimate of drug-likeness (QED) is 0.0554. The Morgan fingerprint density at radius 1 is 0.859 bits per heavy atom. The first-order valence-corrected chi connectivity index (χ1v) is 24.0. The lowest BCUT2D eigenvalue weighted by Gasteiger charge is -2.36. The largest absolute Gasteiger partial charge is 0.374 e. The zero-order chi connectivity index (χ0) is 44.3. The van der Waals surface area contributed by atoms with Crippen molar-refractivity contribution in [2.75, 3.05) is 88.0 Å². The predicted molar refractivity (Wildman–Crippen MR) is 261 cm³/mol. The van der Waals surface area contributed by atoms with Crippen LogP contribution in [-0.2, 0) is 11.3 Å². The van der Waals surface area contributed by atoms with E-state index >= 15 is 0 Å². The third-order valence-electron chi connectivity index (χ3n) is 13.4. The summed E-state index contributed by atoms with van der Waals surface area (Å²) < 4.78 is 16.4. The molecule has 13 heteroatoms. The Bertz CT molecular complexity index is 2260. The molecule has 2 saturated heterocycles. The third-order valence-corrected chi connectivity index (χ3v) is 13.6. The number of nitrogens with zero attached hydrogens (tertiary/aromatic N) is 7. The molecule has 1 atom stereocenters. The molecular weight excluding hydrogens is 823 g/mol. The van der Waals surface area contributed by atoms with Gasteiger partial charge in [0.2, 0.25) is 11.9 Å². The average molecular weight is 890 g/mol. The molecule has 0 radical (unpaired) electrons. The van der Waals surface area contributed by atoms with Crippen LogP contribution in [0.1, 0.15) is 75.8 Å². The second-order valence-electron chi connectivity index (χ2n) is 17.9. The van der Waals surface area contributed by atoms with Crippen LogP contribution in [0.4, 0.5) is 27.4 Å². The molecule has 0 spiro atoms. The summed E-state index contributed by atoms with van der Waals surface area (Å²) in [5.74, 6) is 0.0256. The van der Waals surface area contributed by atoms with Crippen molar-refractivity contribution >= 4 is 51.6 Å². The van der Waals surface area contributed by atoms with E-state index in [1.54, 1.807) is 13.1 Å². The Balaban J connectivity index is 0.750. The Morgan fingerprint density at radius 2 is 1.55 bits per heavy atom. The van der Waals surface area contributed by atoms with E-state index in [1.807, 2.05) is 12.3 Å². The van der Waals surface area contributed by atoms with Gasteiger partial charge in [0.25, 0.3) is 0 Å². The minimum atomic E-state index is -0.404. The molecule has 3 fully saturated rings. The van der Waals surface area contributed by atoms with E-state index in [0.717, 1.165) is 107 Å². The number of fused-ring (bicyclic) bond motifs is 1. The highest BCUT2D eigenvalue weighted by Gasteiger charge is 2.23. The van der Waals surface area contributed by atoms with E-state index in [2.05, 4.69) is 106 Å². The molecule has 3 aromatic carbocycles. The number of nitrogens with one attached hydrogen (secondary N) is 3. The monoisotopic (exact) mass is 889 g/mol. The highest BCUT2D eigenvalue weighted by molar-refractivity contribution is 6.30. The van der Waals surface area contributed by atoms with Crippen LogP contribution in [0, 0.1) is 5.82 Å². The first-order chi connectivity index (χ1) is 31.3. The number of piperazine rings is 2. The number of amides is 1. The maximum absolute atomic E-state index is 14.1. The third kappa shape index (κ3) is 12.0. The van der Waals surface area contributed by atoms with E-state index in [4.69, 9.17) is 16.6 Å². The molecule has 2 aliphatic heterocycles. The molecule has 8 rings (SSSR count). The van der Waals surface area contributed by atoms with Crippen LogP contribution in [0.5, 0.6) is 0 Å². The van der Waals surface area contributed by atoms with Crippen molar-refractivity contribution in [3.05, 3.63) is 108 Å². The number of aromatic nitrogens is 3. The lowest BCUT2D eigenvalue weighted by Crippen LogP contribution is -2.46. The normalized spacial score (nSPS) is 17.4. The fourth-order valence-corrected chi connectivity index (χ4v) is 9.93. The van der Waals surface area contributed by atoms with Crippen molar-refractivity contribution in [3.63, 3.8) is 0 Å². The van der Waals surface area contributed by atoms with Crippen molar-refractivity contribution < 1.29 is 9.18 Å². The molecule has 1 unspecified atom stereocenters. The zero-order valence-corrected chi connectivity index (χ0v) is 38.3. The van der Waals surface area contributed by atoms with E-state index < -0.39 is 5.82 Å². The number of unbranched alkanes of at least 4 members (excludes halogenated alkanes) is 2. The lowest BCUT2D eigenvalue weighted by molar-refractivity contribution is -0.121. The molecule has 1 amide bonds. The summed E-state index contributed by atoms with van der Waals surface area (Å²) in [7, 11) is 1.68. The van der Waals surface area contributed by atoms with E-state index in [-0.39, 0.29) is 11.9 Å². The van der Waals surface area contributed by atoms with Gasteiger partial charge in [-0.25, -0.2) is 9.37 Å². The first-order valence-electron chi connectivity index (χ1n) is 23.6. The second-order valence-corrected chi connectivity index (χ2v) is 18.3. The SMILES string of the molecule is C=CCCC(Nc1ccc(N2CCN(CCCCCN3CCN(Cc4ccc(-c5cn(C6CCCCC6)c6nc(Nc7cc(F)cc(Cl)c7)ncc56)cc4)CC3)CC2)cc1)C(=O)NC. The van der Waals surface area contributed by atoms with Crippen LogP contribution in [0.2, 0.25) is 5.02 Å². The number of hydrogen-bond acceptors (Lipinski definition) is 9. The predicted octanol–water partition coefficient (Wildman–Crippen LogP) is 9.74. The van der Waals surface area contributed by atoms with Crippen molar-refractivity contribution in [1.82, 2.24) is 34.6 Å². The lowest BCUT2D eigenvalue weighted by atomic mass is 9.95. The standard InChI is InChI=1S/C51H66ClFN10O/c1-3-4-13-48(50(64)54-2)56-42-18-20-44(21-19-42)62-30-28-60(29-31-62)23-10-6-9-22-59-24-26-61(27-25-59)36-38-14-16-39(17-15-38)47-37-63(45-11-7-5-8-12-45)49-46(47)35-55-51(58-49)57-43-33-40(52)32-41(53)34-43/h3,14-21,32-35,37,45,48,56H,1,4-13,22-31,36H2,2H3,(H,54,64)(H,55,57,58). The van der Waals surface area contributed by atoms with Gasteiger partial charge in [-0.15, -0.1) is 6.58 Å². The van der Waals surface area contributed by atoms with Crippen LogP contribution in [-0.4, -0.2) is 114 Å². The molecule has 64 heavy (non-hydrogen) atoms. The van der Waals surface area contributed by atoms with Crippen LogP contribution in [0.25, 0.3) is 22.2 Å². The summed E-state index contributed by atoms with van der Waals surface area (Å²) in [6, 6.07) is 22.1. The number of hydrogen-bond donors (Lipinski definition) is 3. The van der Waals surface area contributed by atoms with Gasteiger partial charge >= 0.3 is 0 Å². The van der Waals surface area contributed by atoms with E-state index in [0.29, 0.717) is 22.7 Å². The summed E-state index contributed by atoms with van der Waals surface area (Å²) in [6.45, 7) is 15.9. The average Bonchev–Trinajstić information content (AvgIpc) is 3.70. The number of benzene rings is 3. The topological polar surface area (TPSA) is 96.8 Å². The van der Waals surface area contributed by atoms with Gasteiger partial charge in [0.1, 0.15) is 17.5 Å². The molecule has 1 saturated carbocycles. The fraction of sp³-hybridized carbons (Fsp3) is 0.471. The van der Waals surface area contributed by atoms with Gasteiger partial charge in [-0.3, -0.25) is 14.6 Å². The van der Waals surface area contributed by atoms with Gasteiger partial charge in [0.05, 0.1) is 0 Å². The number of rotatable bonds is 19. The minimum Gasteiger partial charge on any atom is -0.374 e. The molecule has 340 valence electrons. The van der Waals surface area contributed by atoms with Crippen LogP contribution < -0.4 is 20.9 Å². The molecule has 5 aromatic rings. The molecule has 3 aliphatic rings. The van der Waals surface area contributed by atoms with Gasteiger partial charge in [0, 0.05) is 117 Å². The smallest absolute Gasteiger partial charge is 0.242 e. The van der Waals surface area contributed by atoms with Crippen molar-refractivity contribution in [2.24, 2.45) is 0 Å². The number of allylic oxidation sites excluding steroid dienone is 1. The van der Waals surface area contributed by atoms with Gasteiger partial charge < -0.3 is 30.3 Å². The molecule has 11 nitrogen and oxygen atoms in total. The number of halogens is 2. The van der Waals surface area contributed by atoms with Crippen molar-refractivity contribution in [3.8, 4) is 11.1 Å². The van der Waals surface area contributed by atoms with Crippen LogP contribution >= 0.6 is 11.6 Å². The highest BCUT2D eigenvalue weighted by Crippen LogP contribution is 2.37. The Morgan fingerprint density at radius 3 is 2.22 bits per heavy atom. The van der Waals surface area contributed by atoms with Gasteiger partial charge in [-0.2, -0.15) is 4.98 Å². The first kappa shape index (κ1) is 45.6. The van der Waals surface area contributed by atoms with Crippen molar-refractivity contribution in [1.29, 1.82) is 0 Å². The summed E-state index contributed by atoms with van der Waals surface area (Å²) in [6.07, 6.45) is 17.3. The van der Waals surface area contributed by atoms with Crippen LogP contribution in [0.15, 0.2) is 91.8 Å². The van der Waals surface area contributed by atoms with Crippen molar-refractivity contribution in [2.45, 2.75) is 82.8 Å². The molecular formula is C51H66ClFN10O. The number of anilines is 4. The minimum absolute atomic E-state index is 0.00176. The van der Waals surface area contributed by atoms with E-state index in [9.17, 15) is 9.18 Å². The van der Waals surface area contributed by atoms with Gasteiger partial charge in [0.15, 0.2) is 0 Å². The summed E-state index contributed by atoms with van der Waals surface area (Å²) in [5.41, 5.74) is 7.29. The zero-order valence-electron chi connectivity index (χ0n) is 37.6. The Kier molecular flexibility index (Phi) is 15.8. The molecule has 3 N–H and O–H groups in total. The van der Waals surface area contributed by atoms with Gasteiger partial charge in [-0.05, 0) is 105 Å². The molecule has 0 bridgehead atoms. The van der Waals surface area contributed by atoms with Crippen LogP contribution in [0.3, 0.4) is 0 Å². The summed E-state index contributed by atoms with van der Waals surface area (Å²) in [4.78, 5) is 32.3. The summed E-state index contributed by atoms with van der Waals surface area (Å²) in [5, 5.41) is 10.7. The van der Waals surface area contributed by atoms with Gasteiger partial charge in [-0.1, -0.05) is 67.6 Å². The molecule has 2 aromatic heterocycles. The molecule has 4 heterocycles. The molecule has 1 aliphatic carbocycles. The van der Waals surface area contributed by atoms with E-state index in [1.165, 1.54) is 80.6 Å². The maximum atomic E-state index is 14.1. The fourth-order valence-electron chi connectivity index (χ4n) is 9.71.